The van der Waals surface area contributed by atoms with Crippen molar-refractivity contribution in [3.8, 4) is 0 Å². The predicted octanol–water partition coefficient (Wildman–Crippen LogP) is 1.57. The van der Waals surface area contributed by atoms with Gasteiger partial charge in [-0.15, -0.1) is 0 Å². The molecule has 0 unspecified atom stereocenters. The SMILES string of the molecule is COC(=O)/C(C=C(C)C)=C/N(C)C. The van der Waals surface area contributed by atoms with Crippen LogP contribution >= 0.6 is 0 Å². The summed E-state index contributed by atoms with van der Waals surface area (Å²) in [6, 6.07) is 0. The van der Waals surface area contributed by atoms with E-state index >= 15 is 0 Å². The molecule has 3 heteroatoms. The predicted molar refractivity (Wildman–Crippen MR) is 53.2 cm³/mol. The van der Waals surface area contributed by atoms with Crippen LogP contribution in [0, 0.1) is 0 Å². The number of carbonyl (C=O) groups is 1. The van der Waals surface area contributed by atoms with Crippen molar-refractivity contribution in [1.82, 2.24) is 4.90 Å². The van der Waals surface area contributed by atoms with Crippen LogP contribution in [-0.4, -0.2) is 32.1 Å². The number of rotatable bonds is 3. The standard InChI is InChI=1S/C10H17NO2/c1-8(2)6-9(7-11(3)4)10(12)13-5/h6-7H,1-5H3/b9-7+. The van der Waals surface area contributed by atoms with Crippen molar-refractivity contribution >= 4 is 5.97 Å². The summed E-state index contributed by atoms with van der Waals surface area (Å²) in [5, 5.41) is 0. The Morgan fingerprint density at radius 1 is 1.31 bits per heavy atom. The van der Waals surface area contributed by atoms with Gasteiger partial charge in [-0.3, -0.25) is 0 Å². The summed E-state index contributed by atoms with van der Waals surface area (Å²) in [5.74, 6) is -0.310. The van der Waals surface area contributed by atoms with E-state index in [4.69, 9.17) is 0 Å². The van der Waals surface area contributed by atoms with E-state index in [9.17, 15) is 4.79 Å². The molecule has 3 nitrogen and oxygen atoms in total. The van der Waals surface area contributed by atoms with Gasteiger partial charge >= 0.3 is 5.97 Å². The molecule has 0 aromatic heterocycles. The van der Waals surface area contributed by atoms with E-state index < -0.39 is 0 Å². The van der Waals surface area contributed by atoms with Crippen molar-refractivity contribution < 1.29 is 9.53 Å². The molecule has 0 saturated heterocycles. The number of hydrogen-bond donors (Lipinski definition) is 0. The normalized spacial score (nSPS) is 10.7. The molecule has 0 bridgehead atoms. The Morgan fingerprint density at radius 3 is 2.15 bits per heavy atom. The molecule has 0 fully saturated rings. The first-order chi connectivity index (χ1) is 5.97. The van der Waals surface area contributed by atoms with Crippen molar-refractivity contribution in [2.24, 2.45) is 0 Å². The second kappa shape index (κ2) is 5.41. The average molecular weight is 183 g/mol. The first-order valence-corrected chi connectivity index (χ1v) is 4.09. The summed E-state index contributed by atoms with van der Waals surface area (Å²) < 4.78 is 4.64. The first-order valence-electron chi connectivity index (χ1n) is 4.09. The van der Waals surface area contributed by atoms with Crippen LogP contribution in [0.5, 0.6) is 0 Å². The number of hydrogen-bond acceptors (Lipinski definition) is 3. The van der Waals surface area contributed by atoms with Gasteiger partial charge in [0.15, 0.2) is 0 Å². The van der Waals surface area contributed by atoms with Crippen LogP contribution in [0.15, 0.2) is 23.4 Å². The van der Waals surface area contributed by atoms with Crippen LogP contribution in [0.25, 0.3) is 0 Å². The quantitative estimate of drug-likeness (QED) is 0.378. The Morgan fingerprint density at radius 2 is 1.85 bits per heavy atom. The van der Waals surface area contributed by atoms with Gasteiger partial charge in [-0.25, -0.2) is 4.79 Å². The Hall–Kier alpha value is -1.25. The van der Waals surface area contributed by atoms with E-state index in [1.807, 2.05) is 32.8 Å². The van der Waals surface area contributed by atoms with Crippen molar-refractivity contribution in [3.63, 3.8) is 0 Å². The lowest BCUT2D eigenvalue weighted by molar-refractivity contribution is -0.135. The van der Waals surface area contributed by atoms with Gasteiger partial charge in [0.05, 0.1) is 12.7 Å². The van der Waals surface area contributed by atoms with Crippen LogP contribution in [0.1, 0.15) is 13.8 Å². The maximum absolute atomic E-state index is 11.2. The third kappa shape index (κ3) is 5.06. The molecular formula is C10H17NO2. The van der Waals surface area contributed by atoms with Crippen molar-refractivity contribution in [2.75, 3.05) is 21.2 Å². The fourth-order valence-electron chi connectivity index (χ4n) is 0.856. The zero-order valence-electron chi connectivity index (χ0n) is 8.92. The highest BCUT2D eigenvalue weighted by Gasteiger charge is 2.06. The average Bonchev–Trinajstić information content (AvgIpc) is 2.00. The van der Waals surface area contributed by atoms with E-state index in [2.05, 4.69) is 4.74 Å². The molecule has 0 atom stereocenters. The Balaban J connectivity index is 4.76. The number of allylic oxidation sites excluding steroid dienone is 1. The lowest BCUT2D eigenvalue weighted by Crippen LogP contribution is -2.09. The van der Waals surface area contributed by atoms with Crippen LogP contribution in [-0.2, 0) is 9.53 Å². The topological polar surface area (TPSA) is 29.5 Å². The number of carbonyl (C=O) groups excluding carboxylic acids is 1. The van der Waals surface area contributed by atoms with Gasteiger partial charge in [0.25, 0.3) is 0 Å². The maximum atomic E-state index is 11.2. The molecule has 0 radical (unpaired) electrons. The summed E-state index contributed by atoms with van der Waals surface area (Å²) >= 11 is 0. The molecule has 0 aliphatic heterocycles. The third-order valence-corrected chi connectivity index (χ3v) is 1.26. The highest BCUT2D eigenvalue weighted by Crippen LogP contribution is 2.04. The third-order valence-electron chi connectivity index (χ3n) is 1.26. The highest BCUT2D eigenvalue weighted by molar-refractivity contribution is 5.91. The summed E-state index contributed by atoms with van der Waals surface area (Å²) in [6.07, 6.45) is 3.53. The van der Waals surface area contributed by atoms with Crippen molar-refractivity contribution in [1.29, 1.82) is 0 Å². The molecular weight excluding hydrogens is 166 g/mol. The molecule has 0 spiro atoms. The monoisotopic (exact) mass is 183 g/mol. The molecule has 0 aliphatic carbocycles. The zero-order chi connectivity index (χ0) is 10.4. The molecule has 74 valence electrons. The van der Waals surface area contributed by atoms with Gasteiger partial charge < -0.3 is 9.64 Å². The fraction of sp³-hybridized carbons (Fsp3) is 0.500. The van der Waals surface area contributed by atoms with Crippen LogP contribution in [0.3, 0.4) is 0 Å². The largest absolute Gasteiger partial charge is 0.465 e. The van der Waals surface area contributed by atoms with Gasteiger partial charge in [0, 0.05) is 20.3 Å². The molecule has 0 saturated carbocycles. The van der Waals surface area contributed by atoms with E-state index in [-0.39, 0.29) is 5.97 Å². The van der Waals surface area contributed by atoms with Crippen LogP contribution in [0.4, 0.5) is 0 Å². The van der Waals surface area contributed by atoms with Gasteiger partial charge in [0.2, 0.25) is 0 Å². The van der Waals surface area contributed by atoms with Gasteiger partial charge in [0.1, 0.15) is 0 Å². The molecule has 13 heavy (non-hydrogen) atoms. The summed E-state index contributed by atoms with van der Waals surface area (Å²) in [7, 11) is 5.11. The number of esters is 1. The van der Waals surface area contributed by atoms with Gasteiger partial charge in [-0.2, -0.15) is 0 Å². The molecule has 0 aromatic carbocycles. The summed E-state index contributed by atoms with van der Waals surface area (Å²) in [5.41, 5.74) is 1.63. The fourth-order valence-corrected chi connectivity index (χ4v) is 0.856. The van der Waals surface area contributed by atoms with Gasteiger partial charge in [-0.1, -0.05) is 5.57 Å². The Bertz CT molecular complexity index is 235. The van der Waals surface area contributed by atoms with Crippen LogP contribution < -0.4 is 0 Å². The molecule has 0 aromatic rings. The minimum atomic E-state index is -0.310. The summed E-state index contributed by atoms with van der Waals surface area (Å²) in [6.45, 7) is 3.87. The van der Waals surface area contributed by atoms with Gasteiger partial charge in [-0.05, 0) is 19.9 Å². The number of nitrogens with zero attached hydrogens (tertiary/aromatic N) is 1. The van der Waals surface area contributed by atoms with E-state index in [0.29, 0.717) is 5.57 Å². The summed E-state index contributed by atoms with van der Waals surface area (Å²) in [4.78, 5) is 13.0. The zero-order valence-corrected chi connectivity index (χ0v) is 8.92. The molecule has 0 N–H and O–H groups in total. The lowest BCUT2D eigenvalue weighted by atomic mass is 10.2. The lowest BCUT2D eigenvalue weighted by Gasteiger charge is -2.07. The molecule has 0 aliphatic rings. The molecule has 0 heterocycles. The van der Waals surface area contributed by atoms with Crippen molar-refractivity contribution in [2.45, 2.75) is 13.8 Å². The Labute approximate surface area is 79.7 Å². The molecule has 0 rings (SSSR count). The van der Waals surface area contributed by atoms with E-state index in [1.165, 1.54) is 7.11 Å². The van der Waals surface area contributed by atoms with Crippen LogP contribution in [0.2, 0.25) is 0 Å². The number of methoxy groups -OCH3 is 1. The smallest absolute Gasteiger partial charge is 0.339 e. The van der Waals surface area contributed by atoms with Crippen molar-refractivity contribution in [3.05, 3.63) is 23.4 Å². The van der Waals surface area contributed by atoms with E-state index in [0.717, 1.165) is 5.57 Å². The highest BCUT2D eigenvalue weighted by atomic mass is 16.5. The minimum Gasteiger partial charge on any atom is -0.465 e. The first kappa shape index (κ1) is 11.8. The van der Waals surface area contributed by atoms with E-state index in [1.54, 1.807) is 12.3 Å². The second-order valence-electron chi connectivity index (χ2n) is 3.26. The number of ether oxygens (including phenoxy) is 1. The second-order valence-corrected chi connectivity index (χ2v) is 3.26. The minimum absolute atomic E-state index is 0.310. The molecule has 0 amide bonds. The Kier molecular flexibility index (Phi) is 4.89. The maximum Gasteiger partial charge on any atom is 0.339 e.